The topological polar surface area (TPSA) is 75.6 Å². The molecule has 2 saturated carbocycles. The number of rotatable bonds is 4. The molecular formula is C11H15NO4. The number of carboxylic acids is 1. The number of amides is 1. The third-order valence-electron chi connectivity index (χ3n) is 3.96. The van der Waals surface area contributed by atoms with E-state index >= 15 is 0 Å². The van der Waals surface area contributed by atoms with Gasteiger partial charge >= 0.3 is 5.97 Å². The van der Waals surface area contributed by atoms with Crippen LogP contribution in [-0.4, -0.2) is 35.7 Å². The SMILES string of the molecule is O=C(NCC12CC(C(=O)O)(CO1)C2)C1CC1. The molecule has 4 fully saturated rings. The van der Waals surface area contributed by atoms with E-state index in [0.717, 1.165) is 12.8 Å². The summed E-state index contributed by atoms with van der Waals surface area (Å²) in [6.07, 6.45) is 3.05. The Morgan fingerprint density at radius 1 is 1.38 bits per heavy atom. The van der Waals surface area contributed by atoms with Crippen molar-refractivity contribution in [1.82, 2.24) is 5.32 Å². The third kappa shape index (κ3) is 1.34. The minimum Gasteiger partial charge on any atom is -0.481 e. The van der Waals surface area contributed by atoms with Crippen molar-refractivity contribution in [2.45, 2.75) is 31.3 Å². The van der Waals surface area contributed by atoms with Crippen LogP contribution >= 0.6 is 0 Å². The number of hydrogen-bond donors (Lipinski definition) is 2. The van der Waals surface area contributed by atoms with Crippen LogP contribution < -0.4 is 5.32 Å². The molecule has 2 N–H and O–H groups in total. The lowest BCUT2D eigenvalue weighted by Gasteiger charge is -2.41. The highest BCUT2D eigenvalue weighted by Crippen LogP contribution is 2.57. The van der Waals surface area contributed by atoms with E-state index in [1.165, 1.54) is 0 Å². The predicted octanol–water partition coefficient (Wildman–Crippen LogP) is 0.146. The van der Waals surface area contributed by atoms with Crippen molar-refractivity contribution in [2.75, 3.05) is 13.2 Å². The van der Waals surface area contributed by atoms with Crippen molar-refractivity contribution in [1.29, 1.82) is 0 Å². The molecule has 4 rings (SSSR count). The molecule has 2 saturated heterocycles. The minimum absolute atomic E-state index is 0.0951. The molecule has 0 spiro atoms. The van der Waals surface area contributed by atoms with Crippen LogP contribution in [0, 0.1) is 11.3 Å². The molecule has 0 radical (unpaired) electrons. The molecular weight excluding hydrogens is 210 g/mol. The van der Waals surface area contributed by atoms with Gasteiger partial charge in [-0.2, -0.15) is 0 Å². The van der Waals surface area contributed by atoms with Crippen molar-refractivity contribution in [3.63, 3.8) is 0 Å². The van der Waals surface area contributed by atoms with E-state index in [1.54, 1.807) is 0 Å². The molecule has 4 aliphatic rings. The van der Waals surface area contributed by atoms with Crippen molar-refractivity contribution < 1.29 is 19.4 Å². The van der Waals surface area contributed by atoms with Gasteiger partial charge < -0.3 is 15.2 Å². The van der Waals surface area contributed by atoms with Gasteiger partial charge in [0.25, 0.3) is 0 Å². The Kier molecular flexibility index (Phi) is 1.87. The maximum Gasteiger partial charge on any atom is 0.312 e. The second kappa shape index (κ2) is 2.97. The van der Waals surface area contributed by atoms with E-state index in [0.29, 0.717) is 26.0 Å². The van der Waals surface area contributed by atoms with Crippen LogP contribution in [0.1, 0.15) is 25.7 Å². The zero-order chi connectivity index (χ0) is 11.4. The summed E-state index contributed by atoms with van der Waals surface area (Å²) in [6, 6.07) is 0. The highest BCUT2D eigenvalue weighted by Gasteiger charge is 2.66. The maximum absolute atomic E-state index is 11.5. The van der Waals surface area contributed by atoms with Gasteiger partial charge in [-0.15, -0.1) is 0 Å². The van der Waals surface area contributed by atoms with Gasteiger partial charge in [-0.3, -0.25) is 9.59 Å². The van der Waals surface area contributed by atoms with Gasteiger partial charge in [0.15, 0.2) is 0 Å². The van der Waals surface area contributed by atoms with Gasteiger partial charge in [0.2, 0.25) is 5.91 Å². The lowest BCUT2D eigenvalue weighted by atomic mass is 9.62. The number of ether oxygens (including phenoxy) is 1. The molecule has 16 heavy (non-hydrogen) atoms. The molecule has 2 heterocycles. The van der Waals surface area contributed by atoms with Crippen molar-refractivity contribution in [3.8, 4) is 0 Å². The van der Waals surface area contributed by atoms with Gasteiger partial charge in [-0.1, -0.05) is 0 Å². The zero-order valence-electron chi connectivity index (χ0n) is 8.99. The Morgan fingerprint density at radius 3 is 2.56 bits per heavy atom. The molecule has 0 aromatic rings. The van der Waals surface area contributed by atoms with Crippen molar-refractivity contribution in [2.24, 2.45) is 11.3 Å². The molecule has 88 valence electrons. The summed E-state index contributed by atoms with van der Waals surface area (Å²) in [5.74, 6) is -0.478. The number of nitrogens with one attached hydrogen (secondary N) is 1. The van der Waals surface area contributed by atoms with Crippen LogP contribution in [0.4, 0.5) is 0 Å². The molecule has 2 bridgehead atoms. The highest BCUT2D eigenvalue weighted by atomic mass is 16.5. The monoisotopic (exact) mass is 225 g/mol. The van der Waals surface area contributed by atoms with Gasteiger partial charge in [-0.25, -0.2) is 0 Å². The molecule has 0 atom stereocenters. The molecule has 0 aromatic heterocycles. The number of aliphatic carboxylic acids is 1. The van der Waals surface area contributed by atoms with Crippen LogP contribution in [0.15, 0.2) is 0 Å². The van der Waals surface area contributed by atoms with Gasteiger partial charge in [0.1, 0.15) is 0 Å². The molecule has 5 heteroatoms. The smallest absolute Gasteiger partial charge is 0.312 e. The summed E-state index contributed by atoms with van der Waals surface area (Å²) >= 11 is 0. The molecule has 0 aromatic carbocycles. The maximum atomic E-state index is 11.5. The van der Waals surface area contributed by atoms with E-state index in [4.69, 9.17) is 9.84 Å². The van der Waals surface area contributed by atoms with E-state index < -0.39 is 11.4 Å². The van der Waals surface area contributed by atoms with Gasteiger partial charge in [0, 0.05) is 12.5 Å². The summed E-state index contributed by atoms with van der Waals surface area (Å²) in [7, 11) is 0. The Balaban J connectivity index is 1.54. The largest absolute Gasteiger partial charge is 0.481 e. The fourth-order valence-electron chi connectivity index (χ4n) is 2.80. The second-order valence-corrected chi connectivity index (χ2v) is 5.40. The highest BCUT2D eigenvalue weighted by molar-refractivity contribution is 5.81. The zero-order valence-corrected chi connectivity index (χ0v) is 8.99. The molecule has 0 unspecified atom stereocenters. The molecule has 5 nitrogen and oxygen atoms in total. The Morgan fingerprint density at radius 2 is 2.06 bits per heavy atom. The van der Waals surface area contributed by atoms with Crippen LogP contribution in [0.2, 0.25) is 0 Å². The Bertz CT molecular complexity index is 355. The fraction of sp³-hybridized carbons (Fsp3) is 0.818. The average molecular weight is 225 g/mol. The van der Waals surface area contributed by atoms with Crippen molar-refractivity contribution >= 4 is 11.9 Å². The van der Waals surface area contributed by atoms with E-state index in [2.05, 4.69) is 5.32 Å². The van der Waals surface area contributed by atoms with Crippen LogP contribution in [-0.2, 0) is 14.3 Å². The Labute approximate surface area is 93.2 Å². The Hall–Kier alpha value is -1.10. The van der Waals surface area contributed by atoms with E-state index in [1.807, 2.05) is 0 Å². The third-order valence-corrected chi connectivity index (χ3v) is 3.96. The van der Waals surface area contributed by atoms with Crippen LogP contribution in [0.25, 0.3) is 0 Å². The number of carbonyl (C=O) groups is 2. The van der Waals surface area contributed by atoms with Gasteiger partial charge in [-0.05, 0) is 25.7 Å². The summed E-state index contributed by atoms with van der Waals surface area (Å²) in [5, 5.41) is 11.9. The fourth-order valence-corrected chi connectivity index (χ4v) is 2.80. The normalized spacial score (nSPS) is 40.2. The summed E-state index contributed by atoms with van der Waals surface area (Å²) < 4.78 is 5.53. The van der Waals surface area contributed by atoms with Gasteiger partial charge in [0.05, 0.1) is 17.6 Å². The first-order valence-corrected chi connectivity index (χ1v) is 5.70. The van der Waals surface area contributed by atoms with E-state index in [-0.39, 0.29) is 17.4 Å². The van der Waals surface area contributed by atoms with Crippen LogP contribution in [0.5, 0.6) is 0 Å². The van der Waals surface area contributed by atoms with Crippen LogP contribution in [0.3, 0.4) is 0 Å². The summed E-state index contributed by atoms with van der Waals surface area (Å²) in [4.78, 5) is 22.4. The summed E-state index contributed by atoms with van der Waals surface area (Å²) in [6.45, 7) is 0.763. The minimum atomic E-state index is -0.769. The molecule has 2 aliphatic carbocycles. The molecule has 2 aliphatic heterocycles. The summed E-state index contributed by atoms with van der Waals surface area (Å²) in [5.41, 5.74) is -1.05. The number of carboxylic acid groups (broad SMARTS) is 1. The lowest BCUT2D eigenvalue weighted by molar-refractivity contribution is -0.153. The van der Waals surface area contributed by atoms with Crippen molar-refractivity contribution in [3.05, 3.63) is 0 Å². The standard InChI is InChI=1S/C11H15NO4/c13-8(7-1-2-7)12-5-11-3-10(4-11,6-16-11)9(14)15/h7H,1-6H2,(H,12,13)(H,14,15). The van der Waals surface area contributed by atoms with E-state index in [9.17, 15) is 9.59 Å². The number of hydrogen-bond acceptors (Lipinski definition) is 3. The average Bonchev–Trinajstić information content (AvgIpc) is 2.88. The number of fused-ring (bicyclic) bond motifs is 1. The second-order valence-electron chi connectivity index (χ2n) is 5.40. The first-order chi connectivity index (χ1) is 7.55. The first-order valence-electron chi connectivity index (χ1n) is 5.70. The quantitative estimate of drug-likeness (QED) is 0.714. The first kappa shape index (κ1) is 10.1. The predicted molar refractivity (Wildman–Crippen MR) is 53.7 cm³/mol. The number of carbonyl (C=O) groups excluding carboxylic acids is 1. The molecule has 1 amide bonds. The lowest BCUT2D eigenvalue weighted by Crippen LogP contribution is -2.54.